The highest BCUT2D eigenvalue weighted by molar-refractivity contribution is 7.72. The average molecular weight is 258 g/mol. The van der Waals surface area contributed by atoms with Crippen LogP contribution in [-0.4, -0.2) is 37.5 Å². The Balaban J connectivity index is 3.29. The predicted molar refractivity (Wildman–Crippen MR) is 52.5 cm³/mol. The summed E-state index contributed by atoms with van der Waals surface area (Å²) in [5, 5.41) is -0.0537. The number of rotatable bonds is 2. The molecule has 88 valence electrons. The Hall–Kier alpha value is -0.230. The molecule has 0 bridgehead atoms. The summed E-state index contributed by atoms with van der Waals surface area (Å²) in [6.07, 6.45) is 0.798. The molecule has 1 rings (SSSR count). The quantitative estimate of drug-likeness (QED) is 0.417. The van der Waals surface area contributed by atoms with Gasteiger partial charge in [0.2, 0.25) is 0 Å². The molecule has 0 atom stereocenters. The first-order valence-corrected chi connectivity index (χ1v) is 7.31. The Morgan fingerprint density at radius 1 is 1.20 bits per heavy atom. The molecule has 0 saturated carbocycles. The van der Waals surface area contributed by atoms with Crippen LogP contribution in [0.3, 0.4) is 0 Å². The number of nitrogens with one attached hydrogen (secondary N) is 1. The van der Waals surface area contributed by atoms with E-state index in [9.17, 15) is 9.13 Å². The Labute approximate surface area is 85.7 Å². The van der Waals surface area contributed by atoms with Crippen molar-refractivity contribution in [1.82, 2.24) is 5.32 Å². The lowest BCUT2D eigenvalue weighted by molar-refractivity contribution is 0.304. The van der Waals surface area contributed by atoms with E-state index in [0.717, 1.165) is 6.34 Å². The highest BCUT2D eigenvalue weighted by Gasteiger charge is 2.60. The summed E-state index contributed by atoms with van der Waals surface area (Å²) >= 11 is 0. The van der Waals surface area contributed by atoms with Gasteiger partial charge in [0.25, 0.3) is 5.02 Å². The van der Waals surface area contributed by atoms with Crippen LogP contribution >= 0.6 is 15.2 Å². The molecule has 1 aliphatic rings. The highest BCUT2D eigenvalue weighted by Crippen LogP contribution is 2.71. The van der Waals surface area contributed by atoms with E-state index in [1.807, 2.05) is 0 Å². The van der Waals surface area contributed by atoms with Gasteiger partial charge in [-0.1, -0.05) is 0 Å². The largest absolute Gasteiger partial charge is 0.376 e. The molecule has 5 N–H and O–H groups in total. The second-order valence-corrected chi connectivity index (χ2v) is 7.19. The lowest BCUT2D eigenvalue weighted by atomic mass is 10.3. The molecule has 8 nitrogen and oxygen atoms in total. The van der Waals surface area contributed by atoms with Crippen LogP contribution in [0.2, 0.25) is 0 Å². The van der Waals surface area contributed by atoms with E-state index in [-0.39, 0.29) is 12.8 Å². The van der Waals surface area contributed by atoms with Crippen LogP contribution in [0.1, 0.15) is 12.8 Å². The zero-order valence-corrected chi connectivity index (χ0v) is 9.43. The van der Waals surface area contributed by atoms with E-state index in [0.29, 0.717) is 6.54 Å². The summed E-state index contributed by atoms with van der Waals surface area (Å²) in [6, 6.07) is 0. The molecular weight excluding hydrogens is 246 g/mol. The fraction of sp³-hybridized carbons (Fsp3) is 0.800. The minimum absolute atomic E-state index is 0.218. The van der Waals surface area contributed by atoms with Crippen molar-refractivity contribution in [3.8, 4) is 0 Å². The third kappa shape index (κ3) is 2.30. The lowest BCUT2D eigenvalue weighted by Gasteiger charge is -2.29. The van der Waals surface area contributed by atoms with Crippen LogP contribution in [0.5, 0.6) is 0 Å². The third-order valence-corrected chi connectivity index (χ3v) is 6.24. The fourth-order valence-corrected chi connectivity index (χ4v) is 3.99. The number of hydrogen-bond acceptors (Lipinski definition) is 4. The molecule has 1 aliphatic heterocycles. The maximum Gasteiger partial charge on any atom is 0.365 e. The van der Waals surface area contributed by atoms with Gasteiger partial charge in [-0.15, -0.1) is 0 Å². The second kappa shape index (κ2) is 3.97. The summed E-state index contributed by atoms with van der Waals surface area (Å²) in [5.74, 6) is 0. The predicted octanol–water partition coefficient (Wildman–Crippen LogP) is -0.593. The number of aliphatic imine (C=N–C) groups is 1. The first-order chi connectivity index (χ1) is 6.71. The first-order valence-electron chi connectivity index (χ1n) is 4.09. The van der Waals surface area contributed by atoms with Gasteiger partial charge in [0.05, 0.1) is 6.34 Å². The van der Waals surface area contributed by atoms with E-state index < -0.39 is 20.2 Å². The second-order valence-electron chi connectivity index (χ2n) is 3.18. The highest BCUT2D eigenvalue weighted by atomic mass is 31.2. The van der Waals surface area contributed by atoms with Crippen LogP contribution in [0.15, 0.2) is 4.99 Å². The molecule has 0 aromatic heterocycles. The molecule has 0 radical (unpaired) electrons. The van der Waals surface area contributed by atoms with Gasteiger partial charge < -0.3 is 24.9 Å². The van der Waals surface area contributed by atoms with E-state index in [1.54, 1.807) is 0 Å². The molecule has 10 heteroatoms. The Morgan fingerprint density at radius 2 is 1.73 bits per heavy atom. The van der Waals surface area contributed by atoms with Gasteiger partial charge >= 0.3 is 15.2 Å². The van der Waals surface area contributed by atoms with Crippen molar-refractivity contribution in [1.29, 1.82) is 0 Å². The molecular formula is C5H12N2O6P2. The summed E-state index contributed by atoms with van der Waals surface area (Å²) in [4.78, 5) is 39.5. The fourth-order valence-electron chi connectivity index (χ4n) is 1.32. The van der Waals surface area contributed by atoms with Crippen molar-refractivity contribution in [3.05, 3.63) is 0 Å². The molecule has 15 heavy (non-hydrogen) atoms. The maximum absolute atomic E-state index is 11.2. The summed E-state index contributed by atoms with van der Waals surface area (Å²) < 4.78 is 22.3. The van der Waals surface area contributed by atoms with E-state index in [2.05, 4.69) is 10.3 Å². The van der Waals surface area contributed by atoms with Gasteiger partial charge in [-0.05, 0) is 12.8 Å². The zero-order chi connectivity index (χ0) is 11.7. The minimum atomic E-state index is -5.02. The van der Waals surface area contributed by atoms with E-state index >= 15 is 0 Å². The zero-order valence-electron chi connectivity index (χ0n) is 7.65. The third-order valence-electron chi connectivity index (χ3n) is 2.13. The standard InChI is InChI=1S/C5H12N2O6P2/c8-14(9,10)5(15(11,12)13)2-1-3-6-4-7-5/h4H,1-3H2,(H,6,7)(H2,8,9,10)(H2,11,12,13). The summed E-state index contributed by atoms with van der Waals surface area (Å²) in [7, 11) is -10.0. The van der Waals surface area contributed by atoms with Crippen LogP contribution < -0.4 is 5.32 Å². The van der Waals surface area contributed by atoms with Crippen molar-refractivity contribution in [3.63, 3.8) is 0 Å². The normalized spacial score (nSPS) is 21.9. The van der Waals surface area contributed by atoms with Gasteiger partial charge in [0.1, 0.15) is 0 Å². The molecule has 0 aromatic carbocycles. The molecule has 0 aromatic rings. The Morgan fingerprint density at radius 3 is 2.20 bits per heavy atom. The smallest absolute Gasteiger partial charge is 0.365 e. The first kappa shape index (κ1) is 12.8. The van der Waals surface area contributed by atoms with Gasteiger partial charge in [0, 0.05) is 6.54 Å². The Kier molecular flexibility index (Phi) is 3.40. The minimum Gasteiger partial charge on any atom is -0.376 e. The number of nitrogens with zero attached hydrogens (tertiary/aromatic N) is 1. The van der Waals surface area contributed by atoms with Crippen molar-refractivity contribution in [2.24, 2.45) is 4.99 Å². The van der Waals surface area contributed by atoms with Crippen molar-refractivity contribution in [2.45, 2.75) is 17.9 Å². The Bertz CT molecular complexity index is 335. The maximum atomic E-state index is 11.2. The van der Waals surface area contributed by atoms with Crippen molar-refractivity contribution >= 4 is 21.5 Å². The molecule has 0 spiro atoms. The van der Waals surface area contributed by atoms with Crippen LogP contribution in [0.4, 0.5) is 0 Å². The monoisotopic (exact) mass is 258 g/mol. The molecule has 0 saturated heterocycles. The number of hydrogen-bond donors (Lipinski definition) is 5. The molecule has 0 unspecified atom stereocenters. The topological polar surface area (TPSA) is 139 Å². The SMILES string of the molecule is O=P(O)(O)C1(P(=O)(O)O)CCCNC=N1. The summed E-state index contributed by atoms with van der Waals surface area (Å²) in [6.45, 7) is 0.366. The molecule has 0 amide bonds. The van der Waals surface area contributed by atoms with Crippen LogP contribution in [-0.2, 0) is 9.13 Å². The van der Waals surface area contributed by atoms with Crippen molar-refractivity contribution in [2.75, 3.05) is 6.54 Å². The molecule has 0 aliphatic carbocycles. The average Bonchev–Trinajstić information content (AvgIpc) is 2.25. The van der Waals surface area contributed by atoms with Crippen LogP contribution in [0, 0.1) is 0 Å². The van der Waals surface area contributed by atoms with Crippen LogP contribution in [0.25, 0.3) is 0 Å². The lowest BCUT2D eigenvalue weighted by Crippen LogP contribution is -2.26. The van der Waals surface area contributed by atoms with Gasteiger partial charge in [-0.25, -0.2) is 4.99 Å². The van der Waals surface area contributed by atoms with Gasteiger partial charge in [-0.3, -0.25) is 9.13 Å². The van der Waals surface area contributed by atoms with E-state index in [1.165, 1.54) is 0 Å². The van der Waals surface area contributed by atoms with Crippen molar-refractivity contribution < 1.29 is 28.7 Å². The van der Waals surface area contributed by atoms with Gasteiger partial charge in [0.15, 0.2) is 0 Å². The molecule has 1 heterocycles. The van der Waals surface area contributed by atoms with E-state index in [4.69, 9.17) is 19.6 Å². The molecule has 0 fully saturated rings. The summed E-state index contributed by atoms with van der Waals surface area (Å²) in [5.41, 5.74) is 0. The van der Waals surface area contributed by atoms with Gasteiger partial charge in [-0.2, -0.15) is 0 Å².